The molecule has 3 aromatic rings. The van der Waals surface area contributed by atoms with Gasteiger partial charge in [0.25, 0.3) is 0 Å². The van der Waals surface area contributed by atoms with Gasteiger partial charge in [0, 0.05) is 5.92 Å². The van der Waals surface area contributed by atoms with E-state index >= 15 is 0 Å². The maximum absolute atomic E-state index is 6.66. The molecular formula is C41H60N2O2Si. The molecular weight excluding hydrogens is 581 g/mol. The van der Waals surface area contributed by atoms with Crippen LogP contribution in [0.2, 0.25) is 18.1 Å². The van der Waals surface area contributed by atoms with E-state index in [0.717, 1.165) is 43.6 Å². The molecule has 2 atom stereocenters. The number of aryl methyl sites for hydroxylation is 2. The third kappa shape index (κ3) is 8.84. The highest BCUT2D eigenvalue weighted by atomic mass is 28.4. The first-order chi connectivity index (χ1) is 22.1. The van der Waals surface area contributed by atoms with E-state index in [2.05, 4.69) is 99.4 Å². The standard InChI is InChI=1S/C41H60N2O2Si/c1-41(2,3)46(5,6)45-38-20-19-33-27-35(18-17-34(33)28-38)39-22-21-37(44-4)29-40(39)36(30-42)26-32-15-13-31(14-16-32)12-11-25-43-23-9-7-8-10-24-43/h13-16,19-22,28-29,35-36H,7-12,17-18,23-27,30,42H2,1-6H3. The number of benzene rings is 3. The van der Waals surface area contributed by atoms with Crippen molar-refractivity contribution in [2.75, 3.05) is 33.3 Å². The lowest BCUT2D eigenvalue weighted by atomic mass is 9.76. The lowest BCUT2D eigenvalue weighted by molar-refractivity contribution is 0.281. The van der Waals surface area contributed by atoms with Gasteiger partial charge in [-0.3, -0.25) is 0 Å². The first-order valence-electron chi connectivity index (χ1n) is 18.0. The highest BCUT2D eigenvalue weighted by Gasteiger charge is 2.39. The lowest BCUT2D eigenvalue weighted by Crippen LogP contribution is -2.43. The number of hydrogen-bond donors (Lipinski definition) is 1. The van der Waals surface area contributed by atoms with Gasteiger partial charge in [0.05, 0.1) is 7.11 Å². The molecule has 1 heterocycles. The minimum absolute atomic E-state index is 0.187. The summed E-state index contributed by atoms with van der Waals surface area (Å²) in [5.41, 5.74) is 15.0. The van der Waals surface area contributed by atoms with Crippen LogP contribution in [0, 0.1) is 0 Å². The summed E-state index contributed by atoms with van der Waals surface area (Å²) in [5, 5.41) is 0.187. The molecule has 0 bridgehead atoms. The predicted molar refractivity (Wildman–Crippen MR) is 197 cm³/mol. The van der Waals surface area contributed by atoms with Crippen LogP contribution in [0.1, 0.15) is 105 Å². The van der Waals surface area contributed by atoms with Gasteiger partial charge in [0.15, 0.2) is 0 Å². The highest BCUT2D eigenvalue weighted by molar-refractivity contribution is 6.74. The third-order valence-electron chi connectivity index (χ3n) is 11.2. The van der Waals surface area contributed by atoms with Gasteiger partial charge in [-0.1, -0.05) is 70.0 Å². The minimum atomic E-state index is -1.87. The SMILES string of the molecule is COc1ccc(C2CCc3cc(O[Si](C)(C)C(C)(C)C)ccc3C2)c(C(CN)Cc2ccc(CCCN3CCCCCC3)cc2)c1. The molecule has 0 amide bonds. The van der Waals surface area contributed by atoms with Crippen molar-refractivity contribution < 1.29 is 9.16 Å². The van der Waals surface area contributed by atoms with E-state index in [0.29, 0.717) is 12.5 Å². The molecule has 46 heavy (non-hydrogen) atoms. The number of nitrogens with two attached hydrogens (primary N) is 1. The molecule has 5 rings (SSSR count). The summed E-state index contributed by atoms with van der Waals surface area (Å²) in [4.78, 5) is 2.67. The molecule has 4 nitrogen and oxygen atoms in total. The number of ether oxygens (including phenoxy) is 1. The van der Waals surface area contributed by atoms with Crippen molar-refractivity contribution in [3.63, 3.8) is 0 Å². The van der Waals surface area contributed by atoms with Crippen LogP contribution in [0.5, 0.6) is 11.5 Å². The predicted octanol–water partition coefficient (Wildman–Crippen LogP) is 9.45. The van der Waals surface area contributed by atoms with Gasteiger partial charge in [-0.05, 0) is 159 Å². The summed E-state index contributed by atoms with van der Waals surface area (Å²) in [6.45, 7) is 16.0. The molecule has 1 aliphatic heterocycles. The Balaban J connectivity index is 1.26. The monoisotopic (exact) mass is 640 g/mol. The average Bonchev–Trinajstić information content (AvgIpc) is 3.32. The smallest absolute Gasteiger partial charge is 0.250 e. The topological polar surface area (TPSA) is 47.7 Å². The third-order valence-corrected chi connectivity index (χ3v) is 15.5. The summed E-state index contributed by atoms with van der Waals surface area (Å²) < 4.78 is 12.4. The van der Waals surface area contributed by atoms with Gasteiger partial charge < -0.3 is 19.8 Å². The molecule has 0 radical (unpaired) electrons. The van der Waals surface area contributed by atoms with E-state index in [1.807, 2.05) is 0 Å². The first-order valence-corrected chi connectivity index (χ1v) is 21.0. The van der Waals surface area contributed by atoms with Gasteiger partial charge >= 0.3 is 0 Å². The molecule has 250 valence electrons. The Kier molecular flexibility index (Phi) is 11.7. The maximum atomic E-state index is 6.66. The van der Waals surface area contributed by atoms with Crippen molar-refractivity contribution in [3.8, 4) is 11.5 Å². The van der Waals surface area contributed by atoms with Crippen LogP contribution in [0.25, 0.3) is 0 Å². The van der Waals surface area contributed by atoms with E-state index in [4.69, 9.17) is 14.9 Å². The van der Waals surface area contributed by atoms with Crippen molar-refractivity contribution in [2.45, 2.75) is 115 Å². The Bertz CT molecular complexity index is 1400. The molecule has 0 aromatic heterocycles. The van der Waals surface area contributed by atoms with Gasteiger partial charge in [-0.15, -0.1) is 0 Å². The van der Waals surface area contributed by atoms with Crippen LogP contribution in [0.15, 0.2) is 60.7 Å². The molecule has 2 N–H and O–H groups in total. The second-order valence-corrected chi connectivity index (χ2v) is 20.3. The number of nitrogens with zero attached hydrogens (tertiary/aromatic N) is 1. The van der Waals surface area contributed by atoms with Crippen molar-refractivity contribution in [1.82, 2.24) is 4.90 Å². The summed E-state index contributed by atoms with van der Waals surface area (Å²) in [6.07, 6.45) is 12.2. The Hall–Kier alpha value is -2.60. The molecule has 3 aromatic carbocycles. The van der Waals surface area contributed by atoms with Gasteiger partial charge in [0.1, 0.15) is 11.5 Å². The lowest BCUT2D eigenvalue weighted by Gasteiger charge is -2.37. The van der Waals surface area contributed by atoms with E-state index in [1.165, 1.54) is 85.1 Å². The average molecular weight is 641 g/mol. The van der Waals surface area contributed by atoms with Crippen LogP contribution in [0.3, 0.4) is 0 Å². The maximum Gasteiger partial charge on any atom is 0.250 e. The fourth-order valence-corrected chi connectivity index (χ4v) is 8.25. The second kappa shape index (κ2) is 15.5. The number of likely N-dealkylation sites (tertiary alicyclic amines) is 1. The highest BCUT2D eigenvalue weighted by Crippen LogP contribution is 2.41. The number of fused-ring (bicyclic) bond motifs is 1. The largest absolute Gasteiger partial charge is 0.543 e. The molecule has 2 unspecified atom stereocenters. The molecule has 2 aliphatic rings. The van der Waals surface area contributed by atoms with Gasteiger partial charge in [0.2, 0.25) is 8.32 Å². The summed E-state index contributed by atoms with van der Waals surface area (Å²) in [5.74, 6) is 2.68. The zero-order chi connectivity index (χ0) is 32.7. The normalized spacial score (nSPS) is 18.5. The number of rotatable bonds is 12. The Labute approximate surface area is 281 Å². The fourth-order valence-electron chi connectivity index (χ4n) is 7.23. The summed E-state index contributed by atoms with van der Waals surface area (Å²) >= 11 is 0. The number of methoxy groups -OCH3 is 1. The van der Waals surface area contributed by atoms with Gasteiger partial charge in [-0.2, -0.15) is 0 Å². The van der Waals surface area contributed by atoms with Crippen LogP contribution in [-0.4, -0.2) is 46.5 Å². The molecule has 0 spiro atoms. The Morgan fingerprint density at radius 2 is 1.57 bits per heavy atom. The van der Waals surface area contributed by atoms with Crippen LogP contribution in [-0.2, 0) is 25.7 Å². The van der Waals surface area contributed by atoms with E-state index in [1.54, 1.807) is 7.11 Å². The first kappa shape index (κ1) is 34.7. The number of hydrogen-bond acceptors (Lipinski definition) is 4. The zero-order valence-electron chi connectivity index (χ0n) is 29.7. The Morgan fingerprint density at radius 1 is 0.870 bits per heavy atom. The summed E-state index contributed by atoms with van der Waals surface area (Å²) in [6, 6.07) is 22.9. The van der Waals surface area contributed by atoms with E-state index in [-0.39, 0.29) is 11.0 Å². The Morgan fingerprint density at radius 3 is 2.24 bits per heavy atom. The molecule has 1 fully saturated rings. The van der Waals surface area contributed by atoms with E-state index < -0.39 is 8.32 Å². The summed E-state index contributed by atoms with van der Waals surface area (Å²) in [7, 11) is -0.100. The second-order valence-electron chi connectivity index (χ2n) is 15.5. The zero-order valence-corrected chi connectivity index (χ0v) is 30.7. The fraction of sp³-hybridized carbons (Fsp3) is 0.561. The van der Waals surface area contributed by atoms with Crippen LogP contribution in [0.4, 0.5) is 0 Å². The van der Waals surface area contributed by atoms with Crippen molar-refractivity contribution in [3.05, 3.63) is 94.0 Å². The molecule has 5 heteroatoms. The minimum Gasteiger partial charge on any atom is -0.543 e. The van der Waals surface area contributed by atoms with Gasteiger partial charge in [-0.25, -0.2) is 0 Å². The van der Waals surface area contributed by atoms with Crippen molar-refractivity contribution >= 4 is 8.32 Å². The quantitative estimate of drug-likeness (QED) is 0.200. The molecule has 1 saturated heterocycles. The van der Waals surface area contributed by atoms with Crippen molar-refractivity contribution in [1.29, 1.82) is 0 Å². The van der Waals surface area contributed by atoms with Crippen molar-refractivity contribution in [2.24, 2.45) is 5.73 Å². The molecule has 0 saturated carbocycles. The van der Waals surface area contributed by atoms with E-state index in [9.17, 15) is 0 Å². The van der Waals surface area contributed by atoms with Crippen LogP contribution < -0.4 is 14.9 Å². The van der Waals surface area contributed by atoms with Crippen LogP contribution >= 0.6 is 0 Å². The molecule has 1 aliphatic carbocycles.